The quantitative estimate of drug-likeness (QED) is 0.252. The van der Waals surface area contributed by atoms with Crippen LogP contribution in [-0.2, 0) is 0 Å². The van der Waals surface area contributed by atoms with Crippen LogP contribution in [0.4, 0.5) is 0 Å². The van der Waals surface area contributed by atoms with Crippen LogP contribution in [0.5, 0.6) is 0 Å². The molecular weight excluding hydrogens is 77.8 g/mol. The molecule has 0 rings (SSSR count). The second-order valence-electron chi connectivity index (χ2n) is 0.515. The summed E-state index contributed by atoms with van der Waals surface area (Å²) in [4.78, 5) is 0. The van der Waals surface area contributed by atoms with Crippen LogP contribution >= 0.6 is 8.46 Å². The van der Waals surface area contributed by atoms with Gasteiger partial charge in [-0.2, -0.15) is 0 Å². The van der Waals surface area contributed by atoms with Crippen LogP contribution in [0.25, 0.3) is 0 Å². The topological polar surface area (TPSA) is 0 Å². The fourth-order valence-electron chi connectivity index (χ4n) is 0.0589. The highest BCUT2D eigenvalue weighted by molar-refractivity contribution is 7.69. The van der Waals surface area contributed by atoms with Crippen molar-refractivity contribution < 1.29 is 0 Å². The smallest absolute Gasteiger partial charge is 0.110 e. The van der Waals surface area contributed by atoms with E-state index in [1.165, 1.54) is 0 Å². The minimum Gasteiger partial charge on any atom is -0.141 e. The summed E-state index contributed by atoms with van der Waals surface area (Å²) in [6.07, 6.45) is 0. The second-order valence-corrected chi connectivity index (χ2v) is 1.14. The first-order valence-corrected chi connectivity index (χ1v) is 2.37. The third-order valence-electron chi connectivity index (χ3n) is 0.185. The van der Waals surface area contributed by atoms with E-state index < -0.39 is 0 Å². The Morgan fingerprint density at radius 2 is 2.60 bits per heavy atom. The van der Waals surface area contributed by atoms with Gasteiger partial charge in [0.2, 0.25) is 0 Å². The summed E-state index contributed by atoms with van der Waals surface area (Å²) in [5.74, 6) is 1.69. The van der Waals surface area contributed by atoms with E-state index in [1.807, 2.05) is 0 Å². The van der Waals surface area contributed by atoms with Crippen LogP contribution in [0.15, 0.2) is 18.1 Å². The lowest BCUT2D eigenvalue weighted by atomic mass is 10.8. The van der Waals surface area contributed by atoms with E-state index in [0.717, 1.165) is 0 Å². The highest BCUT2D eigenvalue weighted by Gasteiger charge is 1.48. The lowest BCUT2D eigenvalue weighted by Gasteiger charge is -1.60. The summed E-state index contributed by atoms with van der Waals surface area (Å²) in [7, 11) is 5.37. The Hall–Kier alpha value is 0.0149. The zero-order valence-corrected chi connectivity index (χ0v) is 3.86. The van der Waals surface area contributed by atoms with Crippen molar-refractivity contribution in [2.24, 2.45) is 0 Å². The standard InChI is InChI=1S/C3H4BP/c1-2-3-5-4/h3,5H,1H2. The molecule has 1 unspecified atom stereocenters. The van der Waals surface area contributed by atoms with E-state index >= 15 is 0 Å². The summed E-state index contributed by atoms with van der Waals surface area (Å²) < 4.78 is 0. The molecule has 0 nitrogen and oxygen atoms in total. The first-order chi connectivity index (χ1) is 2.41. The van der Waals surface area contributed by atoms with Gasteiger partial charge in [-0.1, -0.05) is 6.58 Å². The molecule has 0 amide bonds. The van der Waals surface area contributed by atoms with Crippen molar-refractivity contribution in [2.45, 2.75) is 0 Å². The third kappa shape index (κ3) is 4.01. The van der Waals surface area contributed by atoms with Crippen molar-refractivity contribution in [1.82, 2.24) is 0 Å². The number of hydrogen-bond donors (Lipinski definition) is 0. The average Bonchev–Trinajstić information content (AvgIpc) is 1.41. The van der Waals surface area contributed by atoms with Gasteiger partial charge >= 0.3 is 0 Å². The first kappa shape index (κ1) is 5.01. The van der Waals surface area contributed by atoms with Crippen LogP contribution in [0.2, 0.25) is 0 Å². The molecule has 0 aliphatic rings. The molecule has 24 valence electrons. The molecular formula is C3H4BP. The zero-order valence-electron chi connectivity index (χ0n) is 2.86. The number of hydrogen-bond acceptors (Lipinski definition) is 0. The van der Waals surface area contributed by atoms with Gasteiger partial charge in [0, 0.05) is 0 Å². The van der Waals surface area contributed by atoms with Crippen LogP contribution in [0.3, 0.4) is 0 Å². The predicted molar refractivity (Wildman–Crippen MR) is 27.8 cm³/mol. The van der Waals surface area contributed by atoms with Crippen LogP contribution in [-0.4, -0.2) is 7.57 Å². The Morgan fingerprint density at radius 1 is 2.00 bits per heavy atom. The molecule has 0 fully saturated rings. The van der Waals surface area contributed by atoms with Crippen molar-refractivity contribution in [3.05, 3.63) is 18.1 Å². The van der Waals surface area contributed by atoms with Crippen molar-refractivity contribution in [3.63, 3.8) is 0 Å². The summed E-state index contributed by atoms with van der Waals surface area (Å²) >= 11 is 0. The highest BCUT2D eigenvalue weighted by atomic mass is 31.1. The Balaban J connectivity index is 2.93. The molecule has 0 aromatic carbocycles. The summed E-state index contributed by atoms with van der Waals surface area (Å²) in [6, 6.07) is 0. The normalized spacial score (nSPS) is 8.00. The van der Waals surface area contributed by atoms with Crippen molar-refractivity contribution in [1.29, 1.82) is 0 Å². The maximum atomic E-state index is 5.01. The van der Waals surface area contributed by atoms with E-state index in [9.17, 15) is 0 Å². The van der Waals surface area contributed by atoms with E-state index in [1.54, 1.807) is 5.82 Å². The Kier molecular flexibility index (Phi) is 4.03. The van der Waals surface area contributed by atoms with Crippen LogP contribution in [0, 0.1) is 0 Å². The van der Waals surface area contributed by atoms with E-state index in [0.29, 0.717) is 8.46 Å². The van der Waals surface area contributed by atoms with Crippen molar-refractivity contribution >= 4 is 16.0 Å². The molecule has 0 N–H and O–H groups in total. The first-order valence-electron chi connectivity index (χ1n) is 1.22. The molecule has 0 spiro atoms. The molecule has 0 aromatic heterocycles. The monoisotopic (exact) mass is 82.0 g/mol. The minimum atomic E-state index is 0.359. The lowest BCUT2D eigenvalue weighted by molar-refractivity contribution is 2.44. The molecule has 0 aliphatic heterocycles. The minimum absolute atomic E-state index is 0.359. The molecule has 2 radical (unpaired) electrons. The molecule has 0 aliphatic carbocycles. The van der Waals surface area contributed by atoms with Gasteiger partial charge in [-0.15, -0.1) is 14.2 Å². The zero-order chi connectivity index (χ0) is 4.12. The molecule has 1 atom stereocenters. The Bertz CT molecular complexity index is 53.9. The SMILES string of the molecule is [B]PC=C=C. The maximum Gasteiger partial charge on any atom is 0.110 e. The van der Waals surface area contributed by atoms with E-state index in [2.05, 4.69) is 12.3 Å². The lowest BCUT2D eigenvalue weighted by Crippen LogP contribution is -1.28. The van der Waals surface area contributed by atoms with Gasteiger partial charge in [0.15, 0.2) is 0 Å². The van der Waals surface area contributed by atoms with E-state index in [4.69, 9.17) is 7.57 Å². The largest absolute Gasteiger partial charge is 0.141 e. The van der Waals surface area contributed by atoms with Gasteiger partial charge < -0.3 is 0 Å². The summed E-state index contributed by atoms with van der Waals surface area (Å²) in [6.45, 7) is 3.30. The molecule has 0 saturated carbocycles. The summed E-state index contributed by atoms with van der Waals surface area (Å²) in [5.41, 5.74) is 2.53. The second kappa shape index (κ2) is 4.01. The third-order valence-corrected chi connectivity index (χ3v) is 0.556. The van der Waals surface area contributed by atoms with Crippen molar-refractivity contribution in [2.75, 3.05) is 0 Å². The predicted octanol–water partition coefficient (Wildman–Crippen LogP) is 1.05. The Morgan fingerprint density at radius 3 is 2.60 bits per heavy atom. The highest BCUT2D eigenvalue weighted by Crippen LogP contribution is 1.96. The summed E-state index contributed by atoms with van der Waals surface area (Å²) in [5, 5.41) is 0. The molecule has 0 aromatic rings. The van der Waals surface area contributed by atoms with Gasteiger partial charge in [0.1, 0.15) is 7.57 Å². The van der Waals surface area contributed by atoms with Gasteiger partial charge in [0.25, 0.3) is 0 Å². The molecule has 0 heterocycles. The number of rotatable bonds is 1. The van der Waals surface area contributed by atoms with Crippen molar-refractivity contribution in [3.8, 4) is 0 Å². The molecule has 0 saturated heterocycles. The fourth-order valence-corrected chi connectivity index (χ4v) is 0.177. The van der Waals surface area contributed by atoms with E-state index in [-0.39, 0.29) is 0 Å². The van der Waals surface area contributed by atoms with Gasteiger partial charge in [-0.3, -0.25) is 0 Å². The van der Waals surface area contributed by atoms with Crippen LogP contribution < -0.4 is 0 Å². The van der Waals surface area contributed by atoms with Crippen LogP contribution in [0.1, 0.15) is 0 Å². The maximum absolute atomic E-state index is 5.01. The van der Waals surface area contributed by atoms with Gasteiger partial charge in [-0.25, -0.2) is 0 Å². The fraction of sp³-hybridized carbons (Fsp3) is 0. The molecule has 0 bridgehead atoms. The molecule has 2 heteroatoms. The van der Waals surface area contributed by atoms with Gasteiger partial charge in [-0.05, 0) is 5.82 Å². The van der Waals surface area contributed by atoms with Gasteiger partial charge in [0.05, 0.1) is 0 Å². The average molecular weight is 81.9 g/mol. The molecule has 5 heavy (non-hydrogen) atoms. The Labute approximate surface area is 35.1 Å².